The van der Waals surface area contributed by atoms with Gasteiger partial charge in [0.05, 0.1) is 11.3 Å². The Bertz CT molecular complexity index is 942. The van der Waals surface area contributed by atoms with Crippen molar-refractivity contribution in [1.82, 2.24) is 10.3 Å². The number of urea groups is 1. The summed E-state index contributed by atoms with van der Waals surface area (Å²) in [7, 11) is 0. The van der Waals surface area contributed by atoms with E-state index in [0.717, 1.165) is 16.8 Å². The second-order valence-electron chi connectivity index (χ2n) is 6.24. The van der Waals surface area contributed by atoms with Crippen LogP contribution < -0.4 is 15.8 Å². The summed E-state index contributed by atoms with van der Waals surface area (Å²) in [6.45, 7) is 0.851. The molecule has 0 aliphatic carbocycles. The maximum Gasteiger partial charge on any atom is 0.338 e. The normalized spacial score (nSPS) is 10.2. The maximum atomic E-state index is 12.2. The lowest BCUT2D eigenvalue weighted by Crippen LogP contribution is -2.28. The van der Waals surface area contributed by atoms with Gasteiger partial charge in [0.2, 0.25) is 0 Å². The van der Waals surface area contributed by atoms with Crippen LogP contribution in [-0.4, -0.2) is 17.0 Å². The van der Waals surface area contributed by atoms with E-state index in [-0.39, 0.29) is 6.61 Å². The second-order valence-corrected chi connectivity index (χ2v) is 6.24. The predicted octanol–water partition coefficient (Wildman–Crippen LogP) is 3.19. The minimum atomic E-state index is -0.596. The number of nitrogens with zero attached hydrogens (tertiary/aromatic N) is 1. The molecule has 2 amide bonds. The molecule has 3 N–H and O–H groups in total. The molecule has 1 heterocycles. The summed E-state index contributed by atoms with van der Waals surface area (Å²) in [6, 6.07) is 19.2. The van der Waals surface area contributed by atoms with Crippen LogP contribution in [0.3, 0.4) is 0 Å². The van der Waals surface area contributed by atoms with Gasteiger partial charge in [-0.05, 0) is 47.5 Å². The first kappa shape index (κ1) is 19.9. The number of pyridine rings is 1. The lowest BCUT2D eigenvalue weighted by molar-refractivity contribution is 0.0472. The van der Waals surface area contributed by atoms with Gasteiger partial charge >= 0.3 is 12.0 Å². The van der Waals surface area contributed by atoms with Crippen molar-refractivity contribution in [3.05, 3.63) is 95.3 Å². The molecule has 0 saturated heterocycles. The van der Waals surface area contributed by atoms with Gasteiger partial charge in [0, 0.05) is 12.7 Å². The third-order valence-corrected chi connectivity index (χ3v) is 4.06. The molecule has 7 nitrogen and oxygen atoms in total. The molecule has 3 rings (SSSR count). The Kier molecular flexibility index (Phi) is 6.78. The van der Waals surface area contributed by atoms with Crippen molar-refractivity contribution in [3.63, 3.8) is 0 Å². The van der Waals surface area contributed by atoms with E-state index in [1.54, 1.807) is 30.5 Å². The van der Waals surface area contributed by atoms with Crippen molar-refractivity contribution in [2.24, 2.45) is 5.73 Å². The summed E-state index contributed by atoms with van der Waals surface area (Å²) in [5, 5.41) is 2.49. The number of benzene rings is 2. The Labute approximate surface area is 168 Å². The Morgan fingerprint density at radius 1 is 0.897 bits per heavy atom. The fourth-order valence-electron chi connectivity index (χ4n) is 2.50. The summed E-state index contributed by atoms with van der Waals surface area (Å²) in [5.41, 5.74) is 8.00. The Morgan fingerprint density at radius 3 is 2.28 bits per heavy atom. The lowest BCUT2D eigenvalue weighted by Gasteiger charge is -2.08. The number of nitrogens with two attached hydrogens (primary N) is 1. The zero-order valence-corrected chi connectivity index (χ0v) is 15.7. The molecule has 0 bridgehead atoms. The minimum Gasteiger partial charge on any atom is -0.487 e. The highest BCUT2D eigenvalue weighted by Crippen LogP contribution is 2.15. The Balaban J connectivity index is 1.46. The van der Waals surface area contributed by atoms with Gasteiger partial charge in [-0.3, -0.25) is 4.98 Å². The third-order valence-electron chi connectivity index (χ3n) is 4.06. The Morgan fingerprint density at radius 2 is 1.62 bits per heavy atom. The van der Waals surface area contributed by atoms with E-state index in [1.165, 1.54) is 0 Å². The molecule has 7 heteroatoms. The van der Waals surface area contributed by atoms with Crippen molar-refractivity contribution >= 4 is 12.0 Å². The van der Waals surface area contributed by atoms with Crippen LogP contribution in [0.4, 0.5) is 4.79 Å². The monoisotopic (exact) mass is 391 g/mol. The van der Waals surface area contributed by atoms with Crippen LogP contribution in [0.15, 0.2) is 72.9 Å². The van der Waals surface area contributed by atoms with E-state index in [2.05, 4.69) is 10.3 Å². The van der Waals surface area contributed by atoms with E-state index >= 15 is 0 Å². The highest BCUT2D eigenvalue weighted by atomic mass is 16.5. The zero-order chi connectivity index (χ0) is 20.5. The molecule has 148 valence electrons. The molecule has 0 unspecified atom stereocenters. The van der Waals surface area contributed by atoms with Gasteiger partial charge in [0.1, 0.15) is 19.0 Å². The number of ether oxygens (including phenoxy) is 2. The van der Waals surface area contributed by atoms with E-state index in [4.69, 9.17) is 15.2 Å². The zero-order valence-electron chi connectivity index (χ0n) is 15.7. The SMILES string of the molecule is NC(=O)NCc1ccc(C(=O)OCc2ccc(OCc3ccccn3)cc2)cc1. The number of aromatic nitrogens is 1. The summed E-state index contributed by atoms with van der Waals surface area (Å²) in [5.74, 6) is 0.292. The van der Waals surface area contributed by atoms with E-state index < -0.39 is 12.0 Å². The predicted molar refractivity (Wildman–Crippen MR) is 107 cm³/mol. The molecule has 0 aliphatic heterocycles. The molecule has 0 aliphatic rings. The van der Waals surface area contributed by atoms with Crippen LogP contribution in [0.1, 0.15) is 27.2 Å². The van der Waals surface area contributed by atoms with Gasteiger partial charge in [0.15, 0.2) is 0 Å². The van der Waals surface area contributed by atoms with Crippen molar-refractivity contribution < 1.29 is 19.1 Å². The standard InChI is InChI=1S/C22H21N3O4/c23-22(27)25-13-16-4-8-18(9-5-16)21(26)29-14-17-6-10-20(11-7-17)28-15-19-3-1-2-12-24-19/h1-12H,13-15H2,(H3,23,25,27). The number of amides is 2. The number of carbonyl (C=O) groups excluding carboxylic acids is 2. The molecule has 2 aromatic carbocycles. The van der Waals surface area contributed by atoms with E-state index in [1.807, 2.05) is 42.5 Å². The molecule has 0 spiro atoms. The number of primary amides is 1. The van der Waals surface area contributed by atoms with E-state index in [9.17, 15) is 9.59 Å². The van der Waals surface area contributed by atoms with Gasteiger partial charge in [-0.25, -0.2) is 9.59 Å². The summed E-state index contributed by atoms with van der Waals surface area (Å²) in [6.07, 6.45) is 1.72. The maximum absolute atomic E-state index is 12.2. The smallest absolute Gasteiger partial charge is 0.338 e. The molecule has 0 atom stereocenters. The summed E-state index contributed by atoms with van der Waals surface area (Å²) in [4.78, 5) is 27.1. The van der Waals surface area contributed by atoms with Crippen molar-refractivity contribution in [1.29, 1.82) is 0 Å². The van der Waals surface area contributed by atoms with E-state index in [0.29, 0.717) is 24.5 Å². The van der Waals surface area contributed by atoms with Crippen molar-refractivity contribution in [2.45, 2.75) is 19.8 Å². The number of nitrogens with one attached hydrogen (secondary N) is 1. The van der Waals surface area contributed by atoms with Gasteiger partial charge in [-0.15, -0.1) is 0 Å². The second kappa shape index (κ2) is 9.89. The number of hydrogen-bond donors (Lipinski definition) is 2. The first-order chi connectivity index (χ1) is 14.1. The van der Waals surface area contributed by atoms with Crippen LogP contribution in [0, 0.1) is 0 Å². The number of hydrogen-bond acceptors (Lipinski definition) is 5. The molecule has 0 radical (unpaired) electrons. The lowest BCUT2D eigenvalue weighted by atomic mass is 10.1. The van der Waals surface area contributed by atoms with Crippen molar-refractivity contribution in [3.8, 4) is 5.75 Å². The van der Waals surface area contributed by atoms with Crippen LogP contribution in [0.2, 0.25) is 0 Å². The average molecular weight is 391 g/mol. The number of esters is 1. The number of carbonyl (C=O) groups is 2. The molecule has 1 aromatic heterocycles. The molecular formula is C22H21N3O4. The van der Waals surface area contributed by atoms with Crippen LogP contribution in [-0.2, 0) is 24.5 Å². The van der Waals surface area contributed by atoms with Gasteiger partial charge in [-0.1, -0.05) is 30.3 Å². The molecular weight excluding hydrogens is 370 g/mol. The summed E-state index contributed by atoms with van der Waals surface area (Å²) >= 11 is 0. The molecule has 3 aromatic rings. The number of rotatable bonds is 8. The van der Waals surface area contributed by atoms with Crippen LogP contribution in [0.5, 0.6) is 5.75 Å². The van der Waals surface area contributed by atoms with Crippen LogP contribution in [0.25, 0.3) is 0 Å². The first-order valence-corrected chi connectivity index (χ1v) is 9.01. The van der Waals surface area contributed by atoms with Crippen LogP contribution >= 0.6 is 0 Å². The molecule has 29 heavy (non-hydrogen) atoms. The summed E-state index contributed by atoms with van der Waals surface area (Å²) < 4.78 is 11.0. The topological polar surface area (TPSA) is 104 Å². The average Bonchev–Trinajstić information content (AvgIpc) is 2.76. The highest BCUT2D eigenvalue weighted by molar-refractivity contribution is 5.89. The largest absolute Gasteiger partial charge is 0.487 e. The fourth-order valence-corrected chi connectivity index (χ4v) is 2.50. The molecule has 0 saturated carbocycles. The van der Waals surface area contributed by atoms with Crippen molar-refractivity contribution in [2.75, 3.05) is 0 Å². The van der Waals surface area contributed by atoms with Gasteiger partial charge in [0.25, 0.3) is 0 Å². The first-order valence-electron chi connectivity index (χ1n) is 9.01. The third kappa shape index (κ3) is 6.35. The Hall–Kier alpha value is -3.87. The quantitative estimate of drug-likeness (QED) is 0.574. The minimum absolute atomic E-state index is 0.157. The highest BCUT2D eigenvalue weighted by Gasteiger charge is 2.08. The molecule has 0 fully saturated rings. The fraction of sp³-hybridized carbons (Fsp3) is 0.136. The van der Waals surface area contributed by atoms with Gasteiger partial charge in [-0.2, -0.15) is 0 Å². The van der Waals surface area contributed by atoms with Gasteiger partial charge < -0.3 is 20.5 Å².